The molecule has 0 unspecified atom stereocenters. The number of benzene rings is 1. The normalized spacial score (nSPS) is 10.0. The van der Waals surface area contributed by atoms with Crippen LogP contribution < -0.4 is 5.73 Å². The molecule has 120 valence electrons. The largest absolute Gasteiger partial charge is 0.475 e. The molecule has 0 atom stereocenters. The first-order valence-electron chi connectivity index (χ1n) is 6.41. The number of carbonyl (C=O) groups is 1. The number of imidazole rings is 1. The lowest BCUT2D eigenvalue weighted by atomic mass is 10.2. The van der Waals surface area contributed by atoms with Gasteiger partial charge in [0.15, 0.2) is 5.15 Å². The Bertz CT molecular complexity index is 606. The third-order valence-electron chi connectivity index (χ3n) is 2.56. The molecule has 2 aromatic rings. The van der Waals surface area contributed by atoms with E-state index in [1.807, 2.05) is 31.2 Å². The molecule has 2 rings (SSSR count). The van der Waals surface area contributed by atoms with Crippen molar-refractivity contribution in [1.82, 2.24) is 9.55 Å². The standard InChI is InChI=1S/C7H8Cl2N2O3.C7H9N/c1-2-14-3-11-5(9)4(8)10-6(11)7(12)13;1-6-2-4-7(8)5-3-6/h2-3H2,1H3,(H,12,13);2-5H,8H2,1H3. The van der Waals surface area contributed by atoms with Crippen molar-refractivity contribution in [2.45, 2.75) is 20.6 Å². The molecular formula is C14H17Cl2N3O3. The van der Waals surface area contributed by atoms with E-state index in [9.17, 15) is 4.79 Å². The highest BCUT2D eigenvalue weighted by Gasteiger charge is 2.19. The van der Waals surface area contributed by atoms with Gasteiger partial charge in [0, 0.05) is 12.3 Å². The fourth-order valence-electron chi connectivity index (χ4n) is 1.43. The van der Waals surface area contributed by atoms with Gasteiger partial charge in [0.2, 0.25) is 5.82 Å². The Hall–Kier alpha value is -1.76. The van der Waals surface area contributed by atoms with Crippen molar-refractivity contribution in [2.75, 3.05) is 12.3 Å². The van der Waals surface area contributed by atoms with Gasteiger partial charge in [-0.2, -0.15) is 0 Å². The third kappa shape index (κ3) is 5.22. The van der Waals surface area contributed by atoms with Gasteiger partial charge in [-0.15, -0.1) is 0 Å². The summed E-state index contributed by atoms with van der Waals surface area (Å²) in [5, 5.41) is 8.78. The maximum Gasteiger partial charge on any atom is 0.372 e. The second kappa shape index (κ2) is 8.63. The van der Waals surface area contributed by atoms with Crippen LogP contribution in [0.3, 0.4) is 0 Å². The maximum atomic E-state index is 10.7. The molecule has 8 heteroatoms. The van der Waals surface area contributed by atoms with Crippen LogP contribution in [0, 0.1) is 6.92 Å². The fourth-order valence-corrected chi connectivity index (χ4v) is 1.79. The van der Waals surface area contributed by atoms with Crippen LogP contribution in [0.2, 0.25) is 10.3 Å². The molecule has 0 aliphatic carbocycles. The minimum absolute atomic E-state index is 0.0245. The molecule has 1 aromatic heterocycles. The van der Waals surface area contributed by atoms with Gasteiger partial charge in [0.25, 0.3) is 0 Å². The smallest absolute Gasteiger partial charge is 0.372 e. The summed E-state index contributed by atoms with van der Waals surface area (Å²) in [5.74, 6) is -1.42. The molecule has 0 bridgehead atoms. The average molecular weight is 346 g/mol. The molecule has 0 fully saturated rings. The number of ether oxygens (including phenoxy) is 1. The van der Waals surface area contributed by atoms with Crippen molar-refractivity contribution in [3.05, 3.63) is 46.0 Å². The van der Waals surface area contributed by atoms with Crippen LogP contribution in [-0.4, -0.2) is 27.2 Å². The van der Waals surface area contributed by atoms with E-state index in [1.165, 1.54) is 10.1 Å². The minimum atomic E-state index is -1.20. The molecule has 22 heavy (non-hydrogen) atoms. The van der Waals surface area contributed by atoms with Gasteiger partial charge in [-0.25, -0.2) is 9.78 Å². The zero-order valence-corrected chi connectivity index (χ0v) is 13.7. The van der Waals surface area contributed by atoms with Crippen LogP contribution in [0.25, 0.3) is 0 Å². The van der Waals surface area contributed by atoms with E-state index in [-0.39, 0.29) is 22.9 Å². The van der Waals surface area contributed by atoms with E-state index in [2.05, 4.69) is 4.98 Å². The molecule has 0 aliphatic rings. The molecule has 6 nitrogen and oxygen atoms in total. The number of anilines is 1. The third-order valence-corrected chi connectivity index (χ3v) is 3.30. The summed E-state index contributed by atoms with van der Waals surface area (Å²) in [7, 11) is 0. The number of aromatic nitrogens is 2. The number of aryl methyl sites for hydroxylation is 1. The molecule has 0 saturated carbocycles. The average Bonchev–Trinajstić information content (AvgIpc) is 2.77. The van der Waals surface area contributed by atoms with Crippen LogP contribution in [-0.2, 0) is 11.5 Å². The zero-order chi connectivity index (χ0) is 16.7. The van der Waals surface area contributed by atoms with Crippen molar-refractivity contribution < 1.29 is 14.6 Å². The summed E-state index contributed by atoms with van der Waals surface area (Å²) >= 11 is 11.3. The van der Waals surface area contributed by atoms with E-state index in [1.54, 1.807) is 6.92 Å². The van der Waals surface area contributed by atoms with Gasteiger partial charge in [-0.3, -0.25) is 4.57 Å². The van der Waals surface area contributed by atoms with Crippen molar-refractivity contribution in [1.29, 1.82) is 0 Å². The first-order chi connectivity index (χ1) is 10.4. The lowest BCUT2D eigenvalue weighted by Gasteiger charge is -2.05. The van der Waals surface area contributed by atoms with Gasteiger partial charge < -0.3 is 15.6 Å². The van der Waals surface area contributed by atoms with Crippen LogP contribution >= 0.6 is 23.2 Å². The number of carboxylic acid groups (broad SMARTS) is 1. The van der Waals surface area contributed by atoms with Crippen molar-refractivity contribution in [2.24, 2.45) is 0 Å². The summed E-state index contributed by atoms with van der Waals surface area (Å²) in [4.78, 5) is 14.3. The summed E-state index contributed by atoms with van der Waals surface area (Å²) in [6.45, 7) is 4.30. The number of hydrogen-bond acceptors (Lipinski definition) is 4. The Morgan fingerprint density at radius 2 is 1.95 bits per heavy atom. The summed E-state index contributed by atoms with van der Waals surface area (Å²) < 4.78 is 6.21. The number of nitrogens with two attached hydrogens (primary N) is 1. The Balaban J connectivity index is 0.000000255. The van der Waals surface area contributed by atoms with Gasteiger partial charge in [-0.05, 0) is 26.0 Å². The molecule has 3 N–H and O–H groups in total. The second-order valence-corrected chi connectivity index (χ2v) is 5.00. The van der Waals surface area contributed by atoms with Gasteiger partial charge >= 0.3 is 5.97 Å². The minimum Gasteiger partial charge on any atom is -0.475 e. The molecule has 1 heterocycles. The van der Waals surface area contributed by atoms with Crippen LogP contribution in [0.15, 0.2) is 24.3 Å². The molecule has 0 radical (unpaired) electrons. The monoisotopic (exact) mass is 345 g/mol. The van der Waals surface area contributed by atoms with Crippen LogP contribution in [0.5, 0.6) is 0 Å². The molecular weight excluding hydrogens is 329 g/mol. The van der Waals surface area contributed by atoms with Gasteiger partial charge in [0.1, 0.15) is 11.9 Å². The number of hydrogen-bond donors (Lipinski definition) is 2. The Morgan fingerprint density at radius 3 is 2.41 bits per heavy atom. The van der Waals surface area contributed by atoms with Crippen molar-refractivity contribution in [3.8, 4) is 0 Å². The fraction of sp³-hybridized carbons (Fsp3) is 0.286. The van der Waals surface area contributed by atoms with Gasteiger partial charge in [-0.1, -0.05) is 40.9 Å². The second-order valence-electron chi connectivity index (χ2n) is 4.28. The van der Waals surface area contributed by atoms with Gasteiger partial charge in [0.05, 0.1) is 0 Å². The lowest BCUT2D eigenvalue weighted by molar-refractivity contribution is 0.0615. The summed E-state index contributed by atoms with van der Waals surface area (Å²) in [5.41, 5.74) is 7.51. The molecule has 0 aliphatic heterocycles. The highest BCUT2D eigenvalue weighted by molar-refractivity contribution is 6.40. The Labute approximate surface area is 138 Å². The Morgan fingerprint density at radius 1 is 1.36 bits per heavy atom. The molecule has 0 amide bonds. The van der Waals surface area contributed by atoms with E-state index in [4.69, 9.17) is 38.8 Å². The summed E-state index contributed by atoms with van der Waals surface area (Å²) in [6.07, 6.45) is 0. The summed E-state index contributed by atoms with van der Waals surface area (Å²) in [6, 6.07) is 7.79. The number of nitrogen functional groups attached to an aromatic ring is 1. The number of nitrogens with zero attached hydrogens (tertiary/aromatic N) is 2. The van der Waals surface area contributed by atoms with Crippen molar-refractivity contribution >= 4 is 34.9 Å². The van der Waals surface area contributed by atoms with Crippen LogP contribution in [0.1, 0.15) is 23.1 Å². The first kappa shape index (κ1) is 18.3. The maximum absolute atomic E-state index is 10.7. The molecule has 1 aromatic carbocycles. The lowest BCUT2D eigenvalue weighted by Crippen LogP contribution is -2.11. The van der Waals surface area contributed by atoms with E-state index >= 15 is 0 Å². The molecule has 0 saturated heterocycles. The zero-order valence-electron chi connectivity index (χ0n) is 12.2. The highest BCUT2D eigenvalue weighted by Crippen LogP contribution is 2.22. The SMILES string of the molecule is CCOCn1c(C(=O)O)nc(Cl)c1Cl.Cc1ccc(N)cc1. The number of aromatic carboxylic acids is 1. The number of carboxylic acids is 1. The van der Waals surface area contributed by atoms with Crippen molar-refractivity contribution in [3.63, 3.8) is 0 Å². The predicted octanol–water partition coefficient (Wildman–Crippen LogP) is 3.46. The molecule has 0 spiro atoms. The first-order valence-corrected chi connectivity index (χ1v) is 7.17. The topological polar surface area (TPSA) is 90.4 Å². The van der Waals surface area contributed by atoms with E-state index < -0.39 is 5.97 Å². The number of rotatable bonds is 4. The van der Waals surface area contributed by atoms with Crippen LogP contribution in [0.4, 0.5) is 5.69 Å². The Kier molecular flexibility index (Phi) is 7.17. The predicted molar refractivity (Wildman–Crippen MR) is 86.4 cm³/mol. The quantitative estimate of drug-likeness (QED) is 0.828. The highest BCUT2D eigenvalue weighted by atomic mass is 35.5. The van der Waals surface area contributed by atoms with E-state index in [0.29, 0.717) is 6.61 Å². The number of halogens is 2. The van der Waals surface area contributed by atoms with E-state index in [0.717, 1.165) is 5.69 Å².